The normalized spacial score (nSPS) is 20.4. The summed E-state index contributed by atoms with van der Waals surface area (Å²) in [6, 6.07) is 6.73. The van der Waals surface area contributed by atoms with Gasteiger partial charge in [0.05, 0.1) is 17.2 Å². The van der Waals surface area contributed by atoms with Crippen LogP contribution in [-0.4, -0.2) is 49.7 Å². The molecule has 3 rings (SSSR count). The Balaban J connectivity index is 1.96. The van der Waals surface area contributed by atoms with Gasteiger partial charge in [0.1, 0.15) is 5.75 Å². The van der Waals surface area contributed by atoms with Crippen molar-refractivity contribution in [2.24, 2.45) is 0 Å². The Morgan fingerprint density at radius 1 is 1.45 bits per heavy atom. The molecule has 0 amide bonds. The van der Waals surface area contributed by atoms with Crippen molar-refractivity contribution in [2.75, 3.05) is 33.8 Å². The highest BCUT2D eigenvalue weighted by atomic mass is 79.9. The fourth-order valence-corrected chi connectivity index (χ4v) is 3.48. The summed E-state index contributed by atoms with van der Waals surface area (Å²) in [4.78, 5) is 5.84. The third-order valence-corrected chi connectivity index (χ3v) is 4.83. The average molecular weight is 338 g/mol. The van der Waals surface area contributed by atoms with Crippen molar-refractivity contribution < 1.29 is 4.74 Å². The summed E-state index contributed by atoms with van der Waals surface area (Å²) < 4.78 is 6.50. The minimum atomic E-state index is 0.533. The standard InChI is InChI=1S/C15H20BrN3O/c1-19-7-6-17-9-10(19)8-12-11-4-3-5-13(20-2)14(11)18-15(12)16/h3-5,10,17-18H,6-9H2,1-2H3. The van der Waals surface area contributed by atoms with Gasteiger partial charge in [0.15, 0.2) is 0 Å². The number of fused-ring (bicyclic) bond motifs is 1. The highest BCUT2D eigenvalue weighted by Crippen LogP contribution is 2.33. The van der Waals surface area contributed by atoms with Gasteiger partial charge >= 0.3 is 0 Å². The van der Waals surface area contributed by atoms with Gasteiger partial charge in [-0.25, -0.2) is 0 Å². The molecule has 108 valence electrons. The van der Waals surface area contributed by atoms with Crippen LogP contribution >= 0.6 is 15.9 Å². The van der Waals surface area contributed by atoms with Crippen LogP contribution < -0.4 is 10.1 Å². The molecular formula is C15H20BrN3O. The largest absolute Gasteiger partial charge is 0.495 e. The Kier molecular flexibility index (Phi) is 4.01. The number of aromatic nitrogens is 1. The van der Waals surface area contributed by atoms with Crippen LogP contribution in [0.4, 0.5) is 0 Å². The molecule has 0 radical (unpaired) electrons. The zero-order valence-electron chi connectivity index (χ0n) is 11.9. The van der Waals surface area contributed by atoms with Gasteiger partial charge in [-0.15, -0.1) is 0 Å². The number of likely N-dealkylation sites (N-methyl/N-ethyl adjacent to an activating group) is 1. The first-order valence-corrected chi connectivity index (χ1v) is 7.74. The summed E-state index contributed by atoms with van der Waals surface area (Å²) in [6.07, 6.45) is 1.03. The van der Waals surface area contributed by atoms with Gasteiger partial charge in [-0.05, 0) is 41.0 Å². The number of hydrogen-bond donors (Lipinski definition) is 2. The second kappa shape index (κ2) is 5.76. The molecule has 20 heavy (non-hydrogen) atoms. The first kappa shape index (κ1) is 13.9. The lowest BCUT2D eigenvalue weighted by Crippen LogP contribution is -2.50. The number of nitrogens with zero attached hydrogens (tertiary/aromatic N) is 1. The molecular weight excluding hydrogens is 318 g/mol. The van der Waals surface area contributed by atoms with E-state index in [1.807, 2.05) is 12.1 Å². The summed E-state index contributed by atoms with van der Waals surface area (Å²) in [5.74, 6) is 0.893. The van der Waals surface area contributed by atoms with E-state index in [1.165, 1.54) is 10.9 Å². The number of benzene rings is 1. The summed E-state index contributed by atoms with van der Waals surface area (Å²) in [7, 11) is 3.91. The van der Waals surface area contributed by atoms with Crippen molar-refractivity contribution in [1.82, 2.24) is 15.2 Å². The van der Waals surface area contributed by atoms with E-state index >= 15 is 0 Å². The summed E-state index contributed by atoms with van der Waals surface area (Å²) >= 11 is 3.67. The molecule has 4 nitrogen and oxygen atoms in total. The highest BCUT2D eigenvalue weighted by Gasteiger charge is 2.22. The highest BCUT2D eigenvalue weighted by molar-refractivity contribution is 9.10. The van der Waals surface area contributed by atoms with E-state index in [9.17, 15) is 0 Å². The number of piperazine rings is 1. The number of aromatic amines is 1. The monoisotopic (exact) mass is 337 g/mol. The number of halogens is 1. The molecule has 2 N–H and O–H groups in total. The number of nitrogens with one attached hydrogen (secondary N) is 2. The maximum absolute atomic E-state index is 5.43. The zero-order chi connectivity index (χ0) is 14.1. The van der Waals surface area contributed by atoms with Crippen LogP contribution in [0.2, 0.25) is 0 Å². The maximum Gasteiger partial charge on any atom is 0.142 e. The van der Waals surface area contributed by atoms with Gasteiger partial charge in [-0.3, -0.25) is 0 Å². The predicted molar refractivity (Wildman–Crippen MR) is 85.5 cm³/mol. The average Bonchev–Trinajstić information content (AvgIpc) is 2.77. The Morgan fingerprint density at radius 2 is 2.30 bits per heavy atom. The summed E-state index contributed by atoms with van der Waals surface area (Å²) in [6.45, 7) is 3.23. The molecule has 1 aromatic carbocycles. The number of ether oxygens (including phenoxy) is 1. The fraction of sp³-hybridized carbons (Fsp3) is 0.467. The van der Waals surface area contributed by atoms with Crippen LogP contribution in [-0.2, 0) is 6.42 Å². The smallest absolute Gasteiger partial charge is 0.142 e. The second-order valence-corrected chi connectivity index (χ2v) is 6.14. The molecule has 0 bridgehead atoms. The maximum atomic E-state index is 5.43. The Hall–Kier alpha value is -1.04. The van der Waals surface area contributed by atoms with Gasteiger partial charge in [-0.2, -0.15) is 0 Å². The third-order valence-electron chi connectivity index (χ3n) is 4.16. The van der Waals surface area contributed by atoms with Crippen molar-refractivity contribution >= 4 is 26.8 Å². The Morgan fingerprint density at radius 3 is 3.05 bits per heavy atom. The van der Waals surface area contributed by atoms with Crippen LogP contribution in [0.5, 0.6) is 5.75 Å². The lowest BCUT2D eigenvalue weighted by atomic mass is 10.0. The summed E-state index contributed by atoms with van der Waals surface area (Å²) in [5, 5.41) is 4.72. The molecule has 0 saturated carbocycles. The van der Waals surface area contributed by atoms with Gasteiger partial charge in [0, 0.05) is 31.1 Å². The fourth-order valence-electron chi connectivity index (χ4n) is 2.91. The van der Waals surface area contributed by atoms with Crippen LogP contribution in [0, 0.1) is 0 Å². The van der Waals surface area contributed by atoms with E-state index in [-0.39, 0.29) is 0 Å². The van der Waals surface area contributed by atoms with Gasteiger partial charge in [-0.1, -0.05) is 12.1 Å². The van der Waals surface area contributed by atoms with Crippen molar-refractivity contribution in [3.05, 3.63) is 28.4 Å². The number of methoxy groups -OCH3 is 1. The number of hydrogen-bond acceptors (Lipinski definition) is 3. The molecule has 2 heterocycles. The third kappa shape index (κ3) is 2.45. The second-order valence-electron chi connectivity index (χ2n) is 5.34. The van der Waals surface area contributed by atoms with E-state index in [1.54, 1.807) is 7.11 Å². The van der Waals surface area contributed by atoms with Crippen molar-refractivity contribution in [3.8, 4) is 5.75 Å². The van der Waals surface area contributed by atoms with Crippen LogP contribution in [0.25, 0.3) is 10.9 Å². The molecule has 5 heteroatoms. The lowest BCUT2D eigenvalue weighted by molar-refractivity contribution is 0.199. The van der Waals surface area contributed by atoms with E-state index < -0.39 is 0 Å². The van der Waals surface area contributed by atoms with E-state index in [4.69, 9.17) is 4.74 Å². The van der Waals surface area contributed by atoms with Gasteiger partial charge in [0.2, 0.25) is 0 Å². The number of H-pyrrole nitrogens is 1. The topological polar surface area (TPSA) is 40.3 Å². The van der Waals surface area contributed by atoms with Crippen molar-refractivity contribution in [2.45, 2.75) is 12.5 Å². The van der Waals surface area contributed by atoms with E-state index in [0.29, 0.717) is 6.04 Å². The molecule has 0 aliphatic carbocycles. The number of rotatable bonds is 3. The van der Waals surface area contributed by atoms with Crippen molar-refractivity contribution in [3.63, 3.8) is 0 Å². The van der Waals surface area contributed by atoms with Crippen molar-refractivity contribution in [1.29, 1.82) is 0 Å². The Labute approximate surface area is 127 Å². The zero-order valence-corrected chi connectivity index (χ0v) is 13.5. The number of para-hydroxylation sites is 1. The molecule has 1 aliphatic heterocycles. The van der Waals surface area contributed by atoms with Gasteiger partial charge < -0.3 is 19.9 Å². The molecule has 2 aromatic rings. The molecule has 1 atom stereocenters. The molecule has 1 saturated heterocycles. The van der Waals surface area contributed by atoms with Crippen LogP contribution in [0.1, 0.15) is 5.56 Å². The minimum Gasteiger partial charge on any atom is -0.495 e. The quantitative estimate of drug-likeness (QED) is 0.903. The predicted octanol–water partition coefficient (Wildman–Crippen LogP) is 2.39. The van der Waals surface area contributed by atoms with E-state index in [0.717, 1.165) is 41.9 Å². The molecule has 0 spiro atoms. The van der Waals surface area contributed by atoms with Crippen LogP contribution in [0.3, 0.4) is 0 Å². The lowest BCUT2D eigenvalue weighted by Gasteiger charge is -2.33. The molecule has 1 aliphatic rings. The first-order valence-electron chi connectivity index (χ1n) is 6.94. The van der Waals surface area contributed by atoms with Gasteiger partial charge in [0.25, 0.3) is 0 Å². The first-order chi connectivity index (χ1) is 9.70. The molecule has 1 aromatic heterocycles. The molecule has 1 unspecified atom stereocenters. The summed E-state index contributed by atoms with van der Waals surface area (Å²) in [5.41, 5.74) is 2.41. The SMILES string of the molecule is COc1cccc2c(CC3CNCCN3C)c(Br)[nH]c12. The van der Waals surface area contributed by atoms with E-state index in [2.05, 4.69) is 44.2 Å². The molecule has 1 fully saturated rings. The Bertz CT molecular complexity index is 610. The van der Waals surface area contributed by atoms with Crippen LogP contribution in [0.15, 0.2) is 22.8 Å². The minimum absolute atomic E-state index is 0.533.